The maximum Gasteiger partial charge on any atom is 0.0623 e. The lowest BCUT2D eigenvalue weighted by Crippen LogP contribution is -2.52. The van der Waals surface area contributed by atoms with E-state index in [1.807, 2.05) is 0 Å². The Labute approximate surface area is 153 Å². The Balaban J connectivity index is 0.00000208. The van der Waals surface area contributed by atoms with Crippen LogP contribution in [0.15, 0.2) is 24.3 Å². The van der Waals surface area contributed by atoms with Gasteiger partial charge in [0.15, 0.2) is 0 Å². The molecule has 1 aliphatic carbocycles. The van der Waals surface area contributed by atoms with E-state index in [0.717, 1.165) is 26.3 Å². The SMILES string of the molecule is Cc1ccc(C(C)(C)CNC2CCCC2C2COCCN2)cc1.Cl. The number of rotatable bonds is 5. The molecule has 3 atom stereocenters. The highest BCUT2D eigenvalue weighted by Gasteiger charge is 2.35. The van der Waals surface area contributed by atoms with Gasteiger partial charge in [0, 0.05) is 30.6 Å². The predicted molar refractivity (Wildman–Crippen MR) is 103 cm³/mol. The molecule has 1 saturated heterocycles. The van der Waals surface area contributed by atoms with Gasteiger partial charge in [0.2, 0.25) is 0 Å². The summed E-state index contributed by atoms with van der Waals surface area (Å²) in [5, 5.41) is 7.55. The molecule has 3 unspecified atom stereocenters. The van der Waals surface area contributed by atoms with Crippen molar-refractivity contribution in [1.82, 2.24) is 10.6 Å². The van der Waals surface area contributed by atoms with Crippen molar-refractivity contribution < 1.29 is 4.74 Å². The maximum atomic E-state index is 5.68. The fourth-order valence-electron chi connectivity index (χ4n) is 4.08. The summed E-state index contributed by atoms with van der Waals surface area (Å²) in [4.78, 5) is 0. The van der Waals surface area contributed by atoms with Crippen LogP contribution in [0, 0.1) is 12.8 Å². The molecule has 1 aromatic carbocycles. The molecule has 1 aromatic rings. The summed E-state index contributed by atoms with van der Waals surface area (Å²) >= 11 is 0. The number of nitrogens with one attached hydrogen (secondary N) is 2. The fraction of sp³-hybridized carbons (Fsp3) is 0.700. The summed E-state index contributed by atoms with van der Waals surface area (Å²) < 4.78 is 5.68. The quantitative estimate of drug-likeness (QED) is 0.851. The van der Waals surface area contributed by atoms with Gasteiger partial charge in [-0.3, -0.25) is 0 Å². The molecule has 2 N–H and O–H groups in total. The van der Waals surface area contributed by atoms with Gasteiger partial charge in [0.25, 0.3) is 0 Å². The van der Waals surface area contributed by atoms with Gasteiger partial charge in [-0.2, -0.15) is 0 Å². The van der Waals surface area contributed by atoms with E-state index < -0.39 is 0 Å². The third-order valence-electron chi connectivity index (χ3n) is 5.68. The summed E-state index contributed by atoms with van der Waals surface area (Å²) in [5.41, 5.74) is 2.91. The van der Waals surface area contributed by atoms with Crippen molar-refractivity contribution in [3.05, 3.63) is 35.4 Å². The Morgan fingerprint density at radius 2 is 1.96 bits per heavy atom. The average Bonchev–Trinajstić information content (AvgIpc) is 3.03. The number of morpholine rings is 1. The van der Waals surface area contributed by atoms with Crippen LogP contribution in [0.25, 0.3) is 0 Å². The number of aryl methyl sites for hydroxylation is 1. The summed E-state index contributed by atoms with van der Waals surface area (Å²) in [5.74, 6) is 0.712. The second-order valence-electron chi connectivity index (χ2n) is 7.97. The number of benzene rings is 1. The number of halogens is 1. The molecule has 3 rings (SSSR count). The van der Waals surface area contributed by atoms with E-state index in [0.29, 0.717) is 18.0 Å². The van der Waals surface area contributed by atoms with Crippen LogP contribution in [0.2, 0.25) is 0 Å². The van der Waals surface area contributed by atoms with E-state index in [-0.39, 0.29) is 17.8 Å². The third kappa shape index (κ3) is 4.72. The molecule has 2 aliphatic rings. The molecule has 24 heavy (non-hydrogen) atoms. The van der Waals surface area contributed by atoms with Crippen molar-refractivity contribution in [3.63, 3.8) is 0 Å². The second-order valence-corrected chi connectivity index (χ2v) is 7.97. The zero-order chi connectivity index (χ0) is 16.3. The third-order valence-corrected chi connectivity index (χ3v) is 5.68. The molecular formula is C20H33ClN2O. The first-order chi connectivity index (χ1) is 11.1. The summed E-state index contributed by atoms with van der Waals surface area (Å²) in [6.45, 7) is 10.6. The standard InChI is InChI=1S/C20H32N2O.ClH/c1-15-7-9-16(10-8-15)20(2,3)14-22-18-6-4-5-17(18)19-13-23-12-11-21-19;/h7-10,17-19,21-22H,4-6,11-14H2,1-3H3;1H. The van der Waals surface area contributed by atoms with Gasteiger partial charge >= 0.3 is 0 Å². The molecule has 1 aliphatic heterocycles. The monoisotopic (exact) mass is 352 g/mol. The van der Waals surface area contributed by atoms with Crippen LogP contribution >= 0.6 is 12.4 Å². The van der Waals surface area contributed by atoms with Gasteiger partial charge in [-0.05, 0) is 31.2 Å². The van der Waals surface area contributed by atoms with Gasteiger partial charge in [-0.25, -0.2) is 0 Å². The lowest BCUT2D eigenvalue weighted by Gasteiger charge is -2.35. The molecule has 0 spiro atoms. The van der Waals surface area contributed by atoms with Crippen molar-refractivity contribution in [1.29, 1.82) is 0 Å². The van der Waals surface area contributed by atoms with Crippen LogP contribution in [0.3, 0.4) is 0 Å². The van der Waals surface area contributed by atoms with E-state index in [1.165, 1.54) is 30.4 Å². The zero-order valence-corrected chi connectivity index (χ0v) is 16.1. The molecule has 136 valence electrons. The van der Waals surface area contributed by atoms with E-state index in [2.05, 4.69) is 55.7 Å². The van der Waals surface area contributed by atoms with Gasteiger partial charge in [0.1, 0.15) is 0 Å². The first-order valence-corrected chi connectivity index (χ1v) is 9.18. The van der Waals surface area contributed by atoms with Crippen LogP contribution < -0.4 is 10.6 Å². The van der Waals surface area contributed by atoms with Crippen LogP contribution in [-0.4, -0.2) is 38.4 Å². The Hall–Kier alpha value is -0.610. The normalized spacial score (nSPS) is 27.7. The van der Waals surface area contributed by atoms with E-state index in [4.69, 9.17) is 4.74 Å². The minimum atomic E-state index is 0. The topological polar surface area (TPSA) is 33.3 Å². The van der Waals surface area contributed by atoms with Crippen LogP contribution in [-0.2, 0) is 10.2 Å². The molecule has 0 bridgehead atoms. The fourth-order valence-corrected chi connectivity index (χ4v) is 4.08. The van der Waals surface area contributed by atoms with Gasteiger partial charge in [-0.15, -0.1) is 12.4 Å². The first-order valence-electron chi connectivity index (χ1n) is 9.18. The van der Waals surface area contributed by atoms with Crippen LogP contribution in [0.4, 0.5) is 0 Å². The van der Waals surface area contributed by atoms with E-state index >= 15 is 0 Å². The molecular weight excluding hydrogens is 320 g/mol. The molecule has 1 heterocycles. The van der Waals surface area contributed by atoms with Crippen molar-refractivity contribution >= 4 is 12.4 Å². The molecule has 0 aromatic heterocycles. The average molecular weight is 353 g/mol. The Bertz CT molecular complexity index is 497. The lowest BCUT2D eigenvalue weighted by molar-refractivity contribution is 0.0522. The molecule has 0 radical (unpaired) electrons. The Morgan fingerprint density at radius 1 is 1.21 bits per heavy atom. The predicted octanol–water partition coefficient (Wildman–Crippen LogP) is 3.44. The van der Waals surface area contributed by atoms with Crippen LogP contribution in [0.5, 0.6) is 0 Å². The number of hydrogen-bond acceptors (Lipinski definition) is 3. The largest absolute Gasteiger partial charge is 0.379 e. The van der Waals surface area contributed by atoms with Crippen molar-refractivity contribution in [2.45, 2.75) is 57.5 Å². The molecule has 3 nitrogen and oxygen atoms in total. The maximum absolute atomic E-state index is 5.68. The molecule has 0 amide bonds. The zero-order valence-electron chi connectivity index (χ0n) is 15.3. The first kappa shape index (κ1) is 19.7. The van der Waals surface area contributed by atoms with Crippen molar-refractivity contribution in [3.8, 4) is 0 Å². The molecule has 1 saturated carbocycles. The number of ether oxygens (including phenoxy) is 1. The van der Waals surface area contributed by atoms with E-state index in [9.17, 15) is 0 Å². The highest BCUT2D eigenvalue weighted by Crippen LogP contribution is 2.31. The summed E-state index contributed by atoms with van der Waals surface area (Å²) in [7, 11) is 0. The summed E-state index contributed by atoms with van der Waals surface area (Å²) in [6, 6.07) is 10.2. The number of hydrogen-bond donors (Lipinski definition) is 2. The Kier molecular flexibility index (Phi) is 7.11. The van der Waals surface area contributed by atoms with Crippen molar-refractivity contribution in [2.24, 2.45) is 5.92 Å². The minimum absolute atomic E-state index is 0. The van der Waals surface area contributed by atoms with E-state index in [1.54, 1.807) is 0 Å². The van der Waals surface area contributed by atoms with Crippen molar-refractivity contribution in [2.75, 3.05) is 26.3 Å². The van der Waals surface area contributed by atoms with Gasteiger partial charge in [0.05, 0.1) is 13.2 Å². The highest BCUT2D eigenvalue weighted by molar-refractivity contribution is 5.85. The Morgan fingerprint density at radius 3 is 2.62 bits per heavy atom. The second kappa shape index (κ2) is 8.66. The summed E-state index contributed by atoms with van der Waals surface area (Å²) in [6.07, 6.45) is 3.96. The van der Waals surface area contributed by atoms with Gasteiger partial charge < -0.3 is 15.4 Å². The highest BCUT2D eigenvalue weighted by atomic mass is 35.5. The smallest absolute Gasteiger partial charge is 0.0623 e. The van der Waals surface area contributed by atoms with Crippen LogP contribution in [0.1, 0.15) is 44.2 Å². The van der Waals surface area contributed by atoms with Gasteiger partial charge in [-0.1, -0.05) is 50.1 Å². The lowest BCUT2D eigenvalue weighted by atomic mass is 9.83. The minimum Gasteiger partial charge on any atom is -0.379 e. The molecule has 4 heteroatoms. The molecule has 2 fully saturated rings.